The number of Topliss-reactive ketones (excluding diaryl/α,β-unsaturated/α-hetero) is 1. The van der Waals surface area contributed by atoms with E-state index < -0.39 is 10.8 Å². The van der Waals surface area contributed by atoms with Gasteiger partial charge in [0.15, 0.2) is 0 Å². The van der Waals surface area contributed by atoms with E-state index in [2.05, 4.69) is 0 Å². The minimum atomic E-state index is -1.19. The third-order valence-corrected chi connectivity index (χ3v) is 3.95. The molecule has 100 valence electrons. The molecular weight excluding hydrogens is 255 g/mol. The van der Waals surface area contributed by atoms with Gasteiger partial charge in [0.2, 0.25) is 0 Å². The van der Waals surface area contributed by atoms with Gasteiger partial charge in [0.1, 0.15) is 11.6 Å². The zero-order chi connectivity index (χ0) is 13.5. The summed E-state index contributed by atoms with van der Waals surface area (Å²) in [5, 5.41) is 0. The maximum absolute atomic E-state index is 12.7. The molecule has 0 N–H and O–H groups in total. The molecule has 0 spiro atoms. The summed E-state index contributed by atoms with van der Waals surface area (Å²) in [4.78, 5) is 11.6. The Morgan fingerprint density at radius 2 is 2.00 bits per heavy atom. The summed E-state index contributed by atoms with van der Waals surface area (Å²) >= 11 is 0. The molecule has 0 saturated heterocycles. The lowest BCUT2D eigenvalue weighted by Crippen LogP contribution is -2.17. The van der Waals surface area contributed by atoms with Crippen molar-refractivity contribution >= 4 is 16.6 Å². The fourth-order valence-corrected chi connectivity index (χ4v) is 2.72. The Kier molecular flexibility index (Phi) is 6.15. The number of ketones is 1. The number of benzene rings is 1. The predicted molar refractivity (Wildman–Crippen MR) is 68.4 cm³/mol. The molecule has 0 fully saturated rings. The number of rotatable bonds is 7. The minimum Gasteiger partial charge on any atom is -0.381 e. The molecule has 0 aromatic heterocycles. The Labute approximate surface area is 109 Å². The number of halogens is 1. The molecule has 0 radical (unpaired) electrons. The van der Waals surface area contributed by atoms with Crippen LogP contribution in [0.15, 0.2) is 29.2 Å². The molecule has 3 nitrogen and oxygen atoms in total. The van der Waals surface area contributed by atoms with Gasteiger partial charge in [-0.1, -0.05) is 0 Å². The largest absolute Gasteiger partial charge is 0.381 e. The molecule has 0 heterocycles. The van der Waals surface area contributed by atoms with Crippen LogP contribution in [0.25, 0.3) is 0 Å². The second-order valence-electron chi connectivity index (χ2n) is 4.06. The minimum absolute atomic E-state index is 0.0504. The molecule has 5 heteroatoms. The van der Waals surface area contributed by atoms with Crippen LogP contribution in [0.2, 0.25) is 0 Å². The number of hydrogen-bond acceptors (Lipinski definition) is 3. The van der Waals surface area contributed by atoms with Crippen LogP contribution in [0.1, 0.15) is 19.8 Å². The molecule has 2 unspecified atom stereocenters. The number of carbonyl (C=O) groups excluding carboxylic acids is 1. The first-order valence-electron chi connectivity index (χ1n) is 5.69. The van der Waals surface area contributed by atoms with Gasteiger partial charge in [-0.2, -0.15) is 0 Å². The van der Waals surface area contributed by atoms with E-state index >= 15 is 0 Å². The number of carbonyl (C=O) groups is 1. The van der Waals surface area contributed by atoms with Crippen LogP contribution in [-0.2, 0) is 20.3 Å². The van der Waals surface area contributed by atoms with Crippen LogP contribution in [0.3, 0.4) is 0 Å². The van der Waals surface area contributed by atoms with E-state index in [1.165, 1.54) is 38.3 Å². The monoisotopic (exact) mass is 272 g/mol. The van der Waals surface area contributed by atoms with Crippen LogP contribution >= 0.6 is 0 Å². The van der Waals surface area contributed by atoms with Crippen LogP contribution < -0.4 is 0 Å². The number of hydrogen-bond donors (Lipinski definition) is 0. The molecular formula is C13H17FO3S. The van der Waals surface area contributed by atoms with Crippen molar-refractivity contribution in [2.24, 2.45) is 0 Å². The van der Waals surface area contributed by atoms with Crippen LogP contribution in [0.4, 0.5) is 4.39 Å². The average molecular weight is 272 g/mol. The zero-order valence-electron chi connectivity index (χ0n) is 10.5. The first kappa shape index (κ1) is 15.0. The lowest BCUT2D eigenvalue weighted by Gasteiger charge is -2.13. The van der Waals surface area contributed by atoms with Crippen molar-refractivity contribution in [2.45, 2.75) is 30.8 Å². The molecule has 0 saturated carbocycles. The van der Waals surface area contributed by atoms with E-state index in [0.29, 0.717) is 23.5 Å². The van der Waals surface area contributed by atoms with E-state index in [0.717, 1.165) is 0 Å². The van der Waals surface area contributed by atoms with Gasteiger partial charge in [0.05, 0.1) is 16.9 Å². The Balaban J connectivity index is 2.49. The van der Waals surface area contributed by atoms with Gasteiger partial charge in [0, 0.05) is 24.2 Å². The first-order valence-corrected chi connectivity index (χ1v) is 7.01. The van der Waals surface area contributed by atoms with Gasteiger partial charge in [-0.05, 0) is 37.6 Å². The third kappa shape index (κ3) is 5.06. The first-order chi connectivity index (χ1) is 8.52. The highest BCUT2D eigenvalue weighted by molar-refractivity contribution is 7.85. The van der Waals surface area contributed by atoms with Crippen molar-refractivity contribution < 1.29 is 18.1 Å². The van der Waals surface area contributed by atoms with Gasteiger partial charge in [0.25, 0.3) is 0 Å². The lowest BCUT2D eigenvalue weighted by atomic mass is 10.1. The molecule has 0 amide bonds. The summed E-state index contributed by atoms with van der Waals surface area (Å²) in [6.45, 7) is 1.50. The van der Waals surface area contributed by atoms with Gasteiger partial charge < -0.3 is 4.74 Å². The van der Waals surface area contributed by atoms with E-state index in [9.17, 15) is 13.4 Å². The molecule has 0 aliphatic carbocycles. The highest BCUT2D eigenvalue weighted by Gasteiger charge is 2.13. The summed E-state index contributed by atoms with van der Waals surface area (Å²) < 4.78 is 29.8. The third-order valence-electron chi connectivity index (χ3n) is 2.55. The fraction of sp³-hybridized carbons (Fsp3) is 0.462. The van der Waals surface area contributed by atoms with Gasteiger partial charge in [-0.25, -0.2) is 4.39 Å². The molecule has 1 rings (SSSR count). The average Bonchev–Trinajstić information content (AvgIpc) is 2.34. The van der Waals surface area contributed by atoms with Crippen molar-refractivity contribution in [1.82, 2.24) is 0 Å². The molecule has 0 aliphatic heterocycles. The summed E-state index contributed by atoms with van der Waals surface area (Å²) in [6.07, 6.45) is 0.670. The Hall–Kier alpha value is -1.07. The van der Waals surface area contributed by atoms with Gasteiger partial charge in [-0.3, -0.25) is 9.00 Å². The van der Waals surface area contributed by atoms with E-state index in [1.807, 2.05) is 0 Å². The Morgan fingerprint density at radius 3 is 2.50 bits per heavy atom. The van der Waals surface area contributed by atoms with Crippen LogP contribution in [-0.4, -0.2) is 29.0 Å². The fourth-order valence-electron chi connectivity index (χ4n) is 1.57. The van der Waals surface area contributed by atoms with Gasteiger partial charge in [-0.15, -0.1) is 0 Å². The smallest absolute Gasteiger partial charge is 0.132 e. The van der Waals surface area contributed by atoms with E-state index in [1.54, 1.807) is 0 Å². The van der Waals surface area contributed by atoms with Crippen molar-refractivity contribution in [2.75, 3.05) is 12.9 Å². The molecule has 1 aromatic carbocycles. The van der Waals surface area contributed by atoms with Crippen molar-refractivity contribution in [3.8, 4) is 0 Å². The molecule has 1 aromatic rings. The SMILES string of the molecule is COC(CCS(=O)c1ccc(F)cc1)CC(C)=O. The standard InChI is InChI=1S/C13H17FO3S/c1-10(15)9-12(17-2)7-8-18(16)13-5-3-11(14)4-6-13/h3-6,12H,7-9H2,1-2H3. The predicted octanol–water partition coefficient (Wildman–Crippen LogP) is 2.32. The summed E-state index contributed by atoms with van der Waals surface area (Å²) in [5.74, 6) is 0.105. The quantitative estimate of drug-likeness (QED) is 0.765. The second-order valence-corrected chi connectivity index (χ2v) is 5.63. The summed E-state index contributed by atoms with van der Waals surface area (Å²) in [5.41, 5.74) is 0. The number of ether oxygens (including phenoxy) is 1. The van der Waals surface area contributed by atoms with Crippen LogP contribution in [0, 0.1) is 5.82 Å². The Bertz CT molecular complexity index is 417. The summed E-state index contributed by atoms with van der Waals surface area (Å²) in [7, 11) is 0.349. The highest BCUT2D eigenvalue weighted by atomic mass is 32.2. The maximum atomic E-state index is 12.7. The molecule has 18 heavy (non-hydrogen) atoms. The van der Waals surface area contributed by atoms with E-state index in [-0.39, 0.29) is 17.7 Å². The Morgan fingerprint density at radius 1 is 1.39 bits per heavy atom. The zero-order valence-corrected chi connectivity index (χ0v) is 11.3. The summed E-state index contributed by atoms with van der Waals surface area (Å²) in [6, 6.07) is 5.60. The second kappa shape index (κ2) is 7.38. The van der Waals surface area contributed by atoms with E-state index in [4.69, 9.17) is 4.74 Å². The normalized spacial score (nSPS) is 14.2. The number of methoxy groups -OCH3 is 1. The molecule has 2 atom stereocenters. The molecule has 0 bridgehead atoms. The van der Waals surface area contributed by atoms with Crippen molar-refractivity contribution in [1.29, 1.82) is 0 Å². The van der Waals surface area contributed by atoms with Crippen LogP contribution in [0.5, 0.6) is 0 Å². The lowest BCUT2D eigenvalue weighted by molar-refractivity contribution is -0.119. The topological polar surface area (TPSA) is 43.4 Å². The highest BCUT2D eigenvalue weighted by Crippen LogP contribution is 2.12. The van der Waals surface area contributed by atoms with Crippen molar-refractivity contribution in [3.63, 3.8) is 0 Å². The molecule has 0 aliphatic rings. The van der Waals surface area contributed by atoms with Gasteiger partial charge >= 0.3 is 0 Å². The van der Waals surface area contributed by atoms with Crippen molar-refractivity contribution in [3.05, 3.63) is 30.1 Å². The maximum Gasteiger partial charge on any atom is 0.132 e.